The topological polar surface area (TPSA) is 55.4 Å². The minimum absolute atomic E-state index is 0.0286. The molecule has 4 nitrogen and oxygen atoms in total. The Labute approximate surface area is 124 Å². The van der Waals surface area contributed by atoms with Gasteiger partial charge >= 0.3 is 6.09 Å². The highest BCUT2D eigenvalue weighted by Crippen LogP contribution is 2.12. The second kappa shape index (κ2) is 8.64. The molecule has 0 unspecified atom stereocenters. The quantitative estimate of drug-likeness (QED) is 0.875. The summed E-state index contributed by atoms with van der Waals surface area (Å²) in [6, 6.07) is 8.92. The van der Waals surface area contributed by atoms with Crippen LogP contribution < -0.4 is 5.32 Å². The van der Waals surface area contributed by atoms with Crippen LogP contribution in [0.15, 0.2) is 30.3 Å². The third kappa shape index (κ3) is 5.65. The molecule has 0 aliphatic heterocycles. The van der Waals surface area contributed by atoms with Gasteiger partial charge in [0.05, 0.1) is 0 Å². The van der Waals surface area contributed by atoms with Crippen molar-refractivity contribution >= 4 is 23.0 Å². The van der Waals surface area contributed by atoms with Gasteiger partial charge in [0.2, 0.25) is 5.12 Å². The first kappa shape index (κ1) is 16.6. The lowest BCUT2D eigenvalue weighted by Crippen LogP contribution is -2.43. The standard InChI is InChI=1S/C15H21NO3S/c1-4-20-14(17)13(11(2)3)16-15(18)19-10-12-8-6-5-7-9-12/h5-9,11,13H,4,10H2,1-3H3,(H,16,18)/t13-/m1/s1. The fourth-order valence-electron chi connectivity index (χ4n) is 1.62. The lowest BCUT2D eigenvalue weighted by Gasteiger charge is -2.20. The molecule has 0 radical (unpaired) electrons. The molecule has 1 N–H and O–H groups in total. The van der Waals surface area contributed by atoms with Crippen LogP contribution in [0.2, 0.25) is 0 Å². The van der Waals surface area contributed by atoms with Crippen molar-refractivity contribution in [3.63, 3.8) is 0 Å². The Morgan fingerprint density at radius 3 is 2.45 bits per heavy atom. The van der Waals surface area contributed by atoms with E-state index < -0.39 is 12.1 Å². The molecule has 0 fully saturated rings. The monoisotopic (exact) mass is 295 g/mol. The van der Waals surface area contributed by atoms with E-state index >= 15 is 0 Å². The Bertz CT molecular complexity index is 434. The van der Waals surface area contributed by atoms with Crippen LogP contribution in [0.25, 0.3) is 0 Å². The van der Waals surface area contributed by atoms with Crippen molar-refractivity contribution in [1.82, 2.24) is 5.32 Å². The molecule has 1 aromatic rings. The molecule has 0 saturated carbocycles. The first-order chi connectivity index (χ1) is 9.54. The van der Waals surface area contributed by atoms with Crippen LogP contribution in [0, 0.1) is 5.92 Å². The van der Waals surface area contributed by atoms with Crippen LogP contribution in [0.4, 0.5) is 4.79 Å². The molecule has 0 bridgehead atoms. The van der Waals surface area contributed by atoms with Gasteiger partial charge in [0.1, 0.15) is 12.6 Å². The highest BCUT2D eigenvalue weighted by Gasteiger charge is 2.24. The number of nitrogens with one attached hydrogen (secondary N) is 1. The zero-order valence-corrected chi connectivity index (χ0v) is 12.9. The summed E-state index contributed by atoms with van der Waals surface area (Å²) in [4.78, 5) is 23.6. The van der Waals surface area contributed by atoms with Crippen LogP contribution in [0.5, 0.6) is 0 Å². The van der Waals surface area contributed by atoms with Crippen molar-refractivity contribution in [2.75, 3.05) is 5.75 Å². The molecule has 0 spiro atoms. The van der Waals surface area contributed by atoms with Crippen molar-refractivity contribution in [2.45, 2.75) is 33.4 Å². The first-order valence-corrected chi connectivity index (χ1v) is 7.67. The van der Waals surface area contributed by atoms with Crippen molar-refractivity contribution in [3.8, 4) is 0 Å². The Hall–Kier alpha value is -1.49. The van der Waals surface area contributed by atoms with Gasteiger partial charge in [0.15, 0.2) is 0 Å². The number of carbonyl (C=O) groups is 2. The van der Waals surface area contributed by atoms with E-state index in [1.807, 2.05) is 51.1 Å². The predicted molar refractivity (Wildman–Crippen MR) is 81.5 cm³/mol. The van der Waals surface area contributed by atoms with E-state index in [0.717, 1.165) is 5.56 Å². The van der Waals surface area contributed by atoms with Gasteiger partial charge in [0, 0.05) is 0 Å². The molecular weight excluding hydrogens is 274 g/mol. The molecule has 0 saturated heterocycles. The van der Waals surface area contributed by atoms with Crippen LogP contribution in [-0.4, -0.2) is 23.0 Å². The Kier molecular flexibility index (Phi) is 7.15. The second-order valence-electron chi connectivity index (χ2n) is 4.68. The molecule has 1 aromatic carbocycles. The average Bonchev–Trinajstić information content (AvgIpc) is 2.43. The summed E-state index contributed by atoms with van der Waals surface area (Å²) in [5, 5.41) is 2.61. The number of benzene rings is 1. The molecule has 20 heavy (non-hydrogen) atoms. The summed E-state index contributed by atoms with van der Waals surface area (Å²) in [5.41, 5.74) is 0.915. The molecule has 0 aliphatic rings. The fraction of sp³-hybridized carbons (Fsp3) is 0.467. The molecule has 1 atom stereocenters. The van der Waals surface area contributed by atoms with Crippen LogP contribution in [0.3, 0.4) is 0 Å². The fourth-order valence-corrected chi connectivity index (χ4v) is 2.42. The molecule has 0 aliphatic carbocycles. The van der Waals surface area contributed by atoms with Crippen LogP contribution >= 0.6 is 11.8 Å². The molecular formula is C15H21NO3S. The van der Waals surface area contributed by atoms with Crippen molar-refractivity contribution in [3.05, 3.63) is 35.9 Å². The maximum Gasteiger partial charge on any atom is 0.408 e. The maximum absolute atomic E-state index is 11.9. The summed E-state index contributed by atoms with van der Waals surface area (Å²) in [7, 11) is 0. The van der Waals surface area contributed by atoms with Gasteiger partial charge < -0.3 is 10.1 Å². The van der Waals surface area contributed by atoms with E-state index in [-0.39, 0.29) is 17.6 Å². The van der Waals surface area contributed by atoms with Gasteiger partial charge in [-0.3, -0.25) is 4.79 Å². The number of ether oxygens (including phenoxy) is 1. The van der Waals surface area contributed by atoms with Gasteiger partial charge in [-0.25, -0.2) is 4.79 Å². The molecule has 1 rings (SSSR count). The van der Waals surface area contributed by atoms with E-state index in [1.165, 1.54) is 11.8 Å². The summed E-state index contributed by atoms with van der Waals surface area (Å²) in [6.45, 7) is 5.91. The lowest BCUT2D eigenvalue weighted by atomic mass is 10.1. The van der Waals surface area contributed by atoms with E-state index in [9.17, 15) is 9.59 Å². The third-order valence-electron chi connectivity index (χ3n) is 2.69. The summed E-state index contributed by atoms with van der Waals surface area (Å²) in [6.07, 6.45) is -0.558. The Morgan fingerprint density at radius 1 is 1.25 bits per heavy atom. The van der Waals surface area contributed by atoms with Gasteiger partial charge in [-0.2, -0.15) is 0 Å². The maximum atomic E-state index is 11.9. The predicted octanol–water partition coefficient (Wildman–Crippen LogP) is 3.22. The number of rotatable bonds is 6. The largest absolute Gasteiger partial charge is 0.445 e. The molecule has 1 amide bonds. The zero-order valence-electron chi connectivity index (χ0n) is 12.1. The molecule has 0 aromatic heterocycles. The van der Waals surface area contributed by atoms with Gasteiger partial charge in [0.25, 0.3) is 0 Å². The molecule has 0 heterocycles. The number of alkyl carbamates (subject to hydrolysis) is 1. The summed E-state index contributed by atoms with van der Waals surface area (Å²) >= 11 is 1.21. The van der Waals surface area contributed by atoms with Gasteiger partial charge in [-0.15, -0.1) is 0 Å². The summed E-state index contributed by atoms with van der Waals surface area (Å²) in [5.74, 6) is 0.730. The van der Waals surface area contributed by atoms with Crippen LogP contribution in [-0.2, 0) is 16.1 Å². The zero-order chi connectivity index (χ0) is 15.0. The molecule has 110 valence electrons. The number of thioether (sulfide) groups is 1. The van der Waals surface area contributed by atoms with Crippen molar-refractivity contribution in [2.24, 2.45) is 5.92 Å². The third-order valence-corrected chi connectivity index (χ3v) is 3.52. The number of hydrogen-bond donors (Lipinski definition) is 1. The number of hydrogen-bond acceptors (Lipinski definition) is 4. The Morgan fingerprint density at radius 2 is 1.90 bits per heavy atom. The average molecular weight is 295 g/mol. The molecule has 5 heteroatoms. The Balaban J connectivity index is 2.48. The van der Waals surface area contributed by atoms with Gasteiger partial charge in [-0.1, -0.05) is 62.9 Å². The minimum atomic E-state index is -0.558. The lowest BCUT2D eigenvalue weighted by molar-refractivity contribution is -0.113. The smallest absolute Gasteiger partial charge is 0.408 e. The van der Waals surface area contributed by atoms with E-state index in [2.05, 4.69) is 5.32 Å². The highest BCUT2D eigenvalue weighted by molar-refractivity contribution is 8.13. The number of amides is 1. The van der Waals surface area contributed by atoms with Crippen LogP contribution in [0.1, 0.15) is 26.3 Å². The highest BCUT2D eigenvalue weighted by atomic mass is 32.2. The van der Waals surface area contributed by atoms with E-state index in [1.54, 1.807) is 0 Å². The van der Waals surface area contributed by atoms with E-state index in [0.29, 0.717) is 5.75 Å². The van der Waals surface area contributed by atoms with Crippen molar-refractivity contribution < 1.29 is 14.3 Å². The normalized spacial score (nSPS) is 12.0. The van der Waals surface area contributed by atoms with Crippen molar-refractivity contribution in [1.29, 1.82) is 0 Å². The second-order valence-corrected chi connectivity index (χ2v) is 5.95. The minimum Gasteiger partial charge on any atom is -0.445 e. The first-order valence-electron chi connectivity index (χ1n) is 6.68. The number of carbonyl (C=O) groups excluding carboxylic acids is 2. The van der Waals surface area contributed by atoms with Gasteiger partial charge in [-0.05, 0) is 17.2 Å². The SMILES string of the molecule is CCSC(=O)[C@H](NC(=O)OCc1ccccc1)C(C)C. The van der Waals surface area contributed by atoms with E-state index in [4.69, 9.17) is 4.74 Å². The summed E-state index contributed by atoms with van der Waals surface area (Å²) < 4.78 is 5.13.